The maximum Gasteiger partial charge on any atom is 0.434 e. The number of alkyl halides is 3. The van der Waals surface area contributed by atoms with Crippen LogP contribution in [0.4, 0.5) is 29.1 Å². The van der Waals surface area contributed by atoms with Crippen LogP contribution in [0.2, 0.25) is 5.02 Å². The maximum atomic E-state index is 14.5. The number of amides is 1. The smallest absolute Gasteiger partial charge is 0.434 e. The van der Waals surface area contributed by atoms with Crippen molar-refractivity contribution in [1.82, 2.24) is 29.7 Å². The van der Waals surface area contributed by atoms with Crippen molar-refractivity contribution in [2.45, 2.75) is 6.18 Å². The third-order valence-electron chi connectivity index (χ3n) is 4.20. The fourth-order valence-corrected chi connectivity index (χ4v) is 2.88. The van der Waals surface area contributed by atoms with Gasteiger partial charge in [0.25, 0.3) is 11.9 Å². The Bertz CT molecular complexity index is 1360. The summed E-state index contributed by atoms with van der Waals surface area (Å²) in [6.07, 6.45) is -0.756. The van der Waals surface area contributed by atoms with Gasteiger partial charge in [-0.05, 0) is 18.2 Å². The molecule has 0 atom stereocenters. The average molecular weight is 495 g/mol. The zero-order valence-electron chi connectivity index (χ0n) is 16.6. The highest BCUT2D eigenvalue weighted by Crippen LogP contribution is 2.34. The van der Waals surface area contributed by atoms with Crippen LogP contribution in [0.25, 0.3) is 5.95 Å². The van der Waals surface area contributed by atoms with Crippen molar-refractivity contribution in [2.75, 3.05) is 11.1 Å². The van der Waals surface area contributed by atoms with E-state index in [-0.39, 0.29) is 34.1 Å². The lowest BCUT2D eigenvalue weighted by Crippen LogP contribution is -2.21. The van der Waals surface area contributed by atoms with E-state index >= 15 is 0 Å². The molecule has 34 heavy (non-hydrogen) atoms. The molecule has 174 valence electrons. The fourth-order valence-electron chi connectivity index (χ4n) is 2.74. The standard InChI is InChI=1S/C19H11ClF4N8O2/c20-13-15(25)28-8-29-17(13)34-12-3-2-9(6-11(12)21)31-16(33)10-7-30-32(14(10)19(22,23)24)18-26-4-1-5-27-18/h1-8H,(H,31,33)(H2,25,28,29). The predicted molar refractivity (Wildman–Crippen MR) is 110 cm³/mol. The summed E-state index contributed by atoms with van der Waals surface area (Å²) in [5.74, 6) is -3.16. The van der Waals surface area contributed by atoms with Gasteiger partial charge < -0.3 is 15.8 Å². The molecule has 0 saturated carbocycles. The van der Waals surface area contributed by atoms with Gasteiger partial charge >= 0.3 is 6.18 Å². The molecule has 1 amide bonds. The summed E-state index contributed by atoms with van der Waals surface area (Å²) in [4.78, 5) is 27.4. The molecule has 3 heterocycles. The van der Waals surface area contributed by atoms with E-state index in [0.29, 0.717) is 10.9 Å². The van der Waals surface area contributed by atoms with Gasteiger partial charge in [-0.25, -0.2) is 19.3 Å². The van der Waals surface area contributed by atoms with Gasteiger partial charge in [-0.15, -0.1) is 0 Å². The van der Waals surface area contributed by atoms with Gasteiger partial charge in [0, 0.05) is 24.1 Å². The number of anilines is 2. The van der Waals surface area contributed by atoms with Crippen LogP contribution in [0.15, 0.2) is 49.2 Å². The van der Waals surface area contributed by atoms with Crippen LogP contribution in [0, 0.1) is 5.82 Å². The van der Waals surface area contributed by atoms with Crippen LogP contribution in [0.3, 0.4) is 0 Å². The number of aromatic nitrogens is 6. The second kappa shape index (κ2) is 8.90. The van der Waals surface area contributed by atoms with Crippen LogP contribution in [0.5, 0.6) is 11.6 Å². The summed E-state index contributed by atoms with van der Waals surface area (Å²) in [5.41, 5.74) is 3.16. The van der Waals surface area contributed by atoms with E-state index in [1.54, 1.807) is 0 Å². The molecular weight excluding hydrogens is 484 g/mol. The van der Waals surface area contributed by atoms with Gasteiger partial charge in [-0.2, -0.15) is 27.9 Å². The van der Waals surface area contributed by atoms with E-state index in [0.717, 1.165) is 18.5 Å². The SMILES string of the molecule is Nc1ncnc(Oc2ccc(NC(=O)c3cnn(-c4ncccn4)c3C(F)(F)F)cc2F)c1Cl. The molecule has 0 fully saturated rings. The highest BCUT2D eigenvalue weighted by atomic mass is 35.5. The molecule has 3 N–H and O–H groups in total. The first-order chi connectivity index (χ1) is 16.1. The summed E-state index contributed by atoms with van der Waals surface area (Å²) in [6.45, 7) is 0. The fraction of sp³-hybridized carbons (Fsp3) is 0.0526. The quantitative estimate of drug-likeness (QED) is 0.399. The number of benzene rings is 1. The van der Waals surface area contributed by atoms with Gasteiger partial charge in [0.1, 0.15) is 17.2 Å². The van der Waals surface area contributed by atoms with Crippen molar-refractivity contribution in [3.63, 3.8) is 0 Å². The van der Waals surface area contributed by atoms with E-state index in [1.165, 1.54) is 24.5 Å². The largest absolute Gasteiger partial charge is 0.434 e. The highest BCUT2D eigenvalue weighted by molar-refractivity contribution is 6.34. The number of nitrogens with zero attached hydrogens (tertiary/aromatic N) is 6. The second-order valence-electron chi connectivity index (χ2n) is 6.44. The first kappa shape index (κ1) is 22.8. The Morgan fingerprint density at radius 3 is 2.56 bits per heavy atom. The summed E-state index contributed by atoms with van der Waals surface area (Å²) in [6, 6.07) is 4.56. The maximum absolute atomic E-state index is 14.5. The summed E-state index contributed by atoms with van der Waals surface area (Å²) >= 11 is 5.90. The number of nitrogen functional groups attached to an aromatic ring is 1. The lowest BCUT2D eigenvalue weighted by molar-refractivity contribution is -0.143. The third kappa shape index (κ3) is 4.56. The molecule has 1 aromatic carbocycles. The van der Waals surface area contributed by atoms with Crippen molar-refractivity contribution in [3.05, 3.63) is 71.3 Å². The Kier molecular flexibility index (Phi) is 5.98. The molecule has 0 bridgehead atoms. The van der Waals surface area contributed by atoms with E-state index in [2.05, 4.69) is 30.4 Å². The number of rotatable bonds is 5. The topological polar surface area (TPSA) is 134 Å². The Balaban J connectivity index is 1.59. The number of hydrogen-bond acceptors (Lipinski definition) is 8. The molecule has 0 aliphatic carbocycles. The number of ether oxygens (including phenoxy) is 1. The highest BCUT2D eigenvalue weighted by Gasteiger charge is 2.41. The van der Waals surface area contributed by atoms with Crippen molar-refractivity contribution >= 4 is 29.0 Å². The summed E-state index contributed by atoms with van der Waals surface area (Å²) in [7, 11) is 0. The first-order valence-corrected chi connectivity index (χ1v) is 9.50. The molecule has 15 heteroatoms. The third-order valence-corrected chi connectivity index (χ3v) is 4.56. The molecule has 0 radical (unpaired) electrons. The van der Waals surface area contributed by atoms with Crippen LogP contribution in [-0.2, 0) is 6.18 Å². The number of carbonyl (C=O) groups is 1. The molecule has 3 aromatic heterocycles. The molecule has 0 aliphatic heterocycles. The van der Waals surface area contributed by atoms with Crippen LogP contribution in [-0.4, -0.2) is 35.6 Å². The van der Waals surface area contributed by atoms with Crippen molar-refractivity contribution in [2.24, 2.45) is 0 Å². The number of halogens is 5. The molecule has 0 saturated heterocycles. The number of hydrogen-bond donors (Lipinski definition) is 2. The minimum atomic E-state index is -4.97. The van der Waals surface area contributed by atoms with Gasteiger partial charge in [-0.1, -0.05) is 11.6 Å². The summed E-state index contributed by atoms with van der Waals surface area (Å²) in [5, 5.41) is 5.64. The molecule has 0 spiro atoms. The summed E-state index contributed by atoms with van der Waals surface area (Å²) < 4.78 is 61.3. The second-order valence-corrected chi connectivity index (χ2v) is 6.82. The zero-order chi connectivity index (χ0) is 24.5. The Hall–Kier alpha value is -4.33. The Morgan fingerprint density at radius 2 is 1.88 bits per heavy atom. The lowest BCUT2D eigenvalue weighted by Gasteiger charge is -2.12. The van der Waals surface area contributed by atoms with E-state index < -0.39 is 29.2 Å². The minimum Gasteiger partial charge on any atom is -0.434 e. The first-order valence-electron chi connectivity index (χ1n) is 9.12. The predicted octanol–water partition coefficient (Wildman–Crippen LogP) is 3.89. The number of carbonyl (C=O) groups excluding carboxylic acids is 1. The van der Waals surface area contributed by atoms with Crippen LogP contribution < -0.4 is 15.8 Å². The number of nitrogens with two attached hydrogens (primary N) is 1. The molecule has 0 aliphatic rings. The van der Waals surface area contributed by atoms with Crippen LogP contribution >= 0.6 is 11.6 Å². The van der Waals surface area contributed by atoms with E-state index in [1.807, 2.05) is 0 Å². The number of nitrogens with one attached hydrogen (secondary N) is 1. The van der Waals surface area contributed by atoms with Gasteiger partial charge in [0.2, 0.25) is 5.88 Å². The Morgan fingerprint density at radius 1 is 1.15 bits per heavy atom. The van der Waals surface area contributed by atoms with E-state index in [9.17, 15) is 22.4 Å². The lowest BCUT2D eigenvalue weighted by atomic mass is 10.2. The molecule has 4 aromatic rings. The van der Waals surface area contributed by atoms with Gasteiger partial charge in [0.05, 0.1) is 11.8 Å². The van der Waals surface area contributed by atoms with Crippen molar-refractivity contribution in [3.8, 4) is 17.6 Å². The van der Waals surface area contributed by atoms with Gasteiger partial charge in [0.15, 0.2) is 17.3 Å². The molecular formula is C19H11ClF4N8O2. The molecule has 0 unspecified atom stereocenters. The van der Waals surface area contributed by atoms with Gasteiger partial charge in [-0.3, -0.25) is 4.79 Å². The normalized spacial score (nSPS) is 11.3. The average Bonchev–Trinajstić information content (AvgIpc) is 3.25. The Labute approximate surface area is 192 Å². The molecule has 4 rings (SSSR count). The van der Waals surface area contributed by atoms with Crippen molar-refractivity contribution in [1.29, 1.82) is 0 Å². The van der Waals surface area contributed by atoms with Crippen LogP contribution in [0.1, 0.15) is 16.1 Å². The van der Waals surface area contributed by atoms with Crippen molar-refractivity contribution < 1.29 is 27.1 Å². The monoisotopic (exact) mass is 494 g/mol. The van der Waals surface area contributed by atoms with E-state index in [4.69, 9.17) is 22.1 Å². The zero-order valence-corrected chi connectivity index (χ0v) is 17.3. The minimum absolute atomic E-state index is 0.0853. The molecule has 10 nitrogen and oxygen atoms in total.